The van der Waals surface area contributed by atoms with Gasteiger partial charge in [0.1, 0.15) is 6.79 Å². The van der Waals surface area contributed by atoms with E-state index in [1.807, 2.05) is 0 Å². The van der Waals surface area contributed by atoms with Crippen LogP contribution in [0, 0.1) is 0 Å². The van der Waals surface area contributed by atoms with Crippen molar-refractivity contribution >= 4 is 5.97 Å². The van der Waals surface area contributed by atoms with E-state index in [0.717, 1.165) is 25.7 Å². The maximum Gasteiger partial charge on any atom is 0.303 e. The summed E-state index contributed by atoms with van der Waals surface area (Å²) in [5.41, 5.74) is 6.57. The van der Waals surface area contributed by atoms with Gasteiger partial charge in [0.2, 0.25) is 0 Å². The summed E-state index contributed by atoms with van der Waals surface area (Å²) in [4.78, 5) is 10.8. The van der Waals surface area contributed by atoms with E-state index in [9.17, 15) is 4.79 Å². The van der Waals surface area contributed by atoms with Crippen molar-refractivity contribution in [1.29, 1.82) is 0 Å². The Bertz CT molecular complexity index is 730. The lowest BCUT2D eigenvalue weighted by molar-refractivity contribution is -0.137. The number of carboxylic acids is 1. The molecule has 1 rings (SSSR count). The Hall–Kier alpha value is -1.39. The molecule has 1 aromatic rings. The molecule has 0 bridgehead atoms. The summed E-state index contributed by atoms with van der Waals surface area (Å²) in [5, 5.41) is 17.7. The van der Waals surface area contributed by atoms with Crippen molar-refractivity contribution in [3.05, 3.63) is 34.4 Å². The second kappa shape index (κ2) is 26.5. The third-order valence-corrected chi connectivity index (χ3v) is 8.35. The Morgan fingerprint density at radius 1 is 0.575 bits per heavy atom. The second-order valence-corrected chi connectivity index (χ2v) is 11.9. The number of unbranched alkanes of at least 4 members (excludes halogenated alkanes) is 16. The van der Waals surface area contributed by atoms with E-state index in [0.29, 0.717) is 13.0 Å². The molecule has 0 amide bonds. The van der Waals surface area contributed by atoms with Gasteiger partial charge < -0.3 is 14.9 Å². The third-order valence-electron chi connectivity index (χ3n) is 8.35. The zero-order valence-electron chi connectivity index (χ0n) is 26.5. The first-order valence-corrected chi connectivity index (χ1v) is 17.2. The van der Waals surface area contributed by atoms with Crippen LogP contribution in [0.2, 0.25) is 0 Å². The highest BCUT2D eigenvalue weighted by molar-refractivity contribution is 5.66. The minimum absolute atomic E-state index is 0.166. The molecule has 40 heavy (non-hydrogen) atoms. The SMILES string of the molecule is CCCCCCCCc1c(CCCCCC)ccc(CCCCCCCOCO)c1CCCCCCCC(=O)O. The molecule has 0 saturated heterocycles. The van der Waals surface area contributed by atoms with E-state index in [4.69, 9.17) is 14.9 Å². The second-order valence-electron chi connectivity index (χ2n) is 11.9. The van der Waals surface area contributed by atoms with Gasteiger partial charge in [-0.25, -0.2) is 0 Å². The molecule has 0 radical (unpaired) electrons. The number of ether oxygens (including phenoxy) is 1. The van der Waals surface area contributed by atoms with Gasteiger partial charge in [-0.1, -0.05) is 116 Å². The number of carboxylic acid groups (broad SMARTS) is 1. The van der Waals surface area contributed by atoms with Crippen LogP contribution in [0.1, 0.15) is 171 Å². The summed E-state index contributed by atoms with van der Waals surface area (Å²) in [6, 6.07) is 4.95. The summed E-state index contributed by atoms with van der Waals surface area (Å²) in [6.45, 7) is 5.08. The van der Waals surface area contributed by atoms with Crippen molar-refractivity contribution in [3.8, 4) is 0 Å². The average molecular weight is 561 g/mol. The number of rotatable bonds is 29. The molecule has 0 spiro atoms. The molecule has 2 N–H and O–H groups in total. The number of aliphatic carboxylic acids is 1. The zero-order chi connectivity index (χ0) is 29.1. The normalized spacial score (nSPS) is 11.4. The Balaban J connectivity index is 2.87. The quantitative estimate of drug-likeness (QED) is 0.0755. The fourth-order valence-corrected chi connectivity index (χ4v) is 5.93. The first kappa shape index (κ1) is 36.6. The molecule has 4 heteroatoms. The molecule has 0 fully saturated rings. The molecule has 0 aliphatic heterocycles. The number of hydrogen-bond donors (Lipinski definition) is 2. The van der Waals surface area contributed by atoms with Gasteiger partial charge in [-0.05, 0) is 86.5 Å². The molecule has 0 unspecified atom stereocenters. The number of aliphatic hydroxyl groups excluding tert-OH is 1. The van der Waals surface area contributed by atoms with Crippen LogP contribution in [0.25, 0.3) is 0 Å². The molecule has 0 aromatic heterocycles. The van der Waals surface area contributed by atoms with E-state index in [2.05, 4.69) is 26.0 Å². The van der Waals surface area contributed by atoms with Crippen LogP contribution in [0.3, 0.4) is 0 Å². The van der Waals surface area contributed by atoms with E-state index < -0.39 is 5.97 Å². The molecule has 0 atom stereocenters. The standard InChI is InChI=1S/C36H64O4/c1-3-5-7-9-13-19-25-34-32(23-17-8-6-4-2)28-29-33(24-18-12-11-16-22-30-40-31-37)35(34)26-20-14-10-15-21-27-36(38)39/h28-29,37H,3-27,30-31H2,1-2H3,(H,38,39). The van der Waals surface area contributed by atoms with Crippen LogP contribution in [0.4, 0.5) is 0 Å². The Kier molecular flexibility index (Phi) is 24.3. The number of hydrogen-bond acceptors (Lipinski definition) is 3. The molecule has 0 aliphatic carbocycles. The van der Waals surface area contributed by atoms with Gasteiger partial charge in [-0.3, -0.25) is 4.79 Å². The minimum atomic E-state index is -0.668. The van der Waals surface area contributed by atoms with Gasteiger partial charge in [-0.2, -0.15) is 0 Å². The Labute approximate surface area is 247 Å². The summed E-state index contributed by atoms with van der Waals surface area (Å²) in [6.07, 6.45) is 29.8. The van der Waals surface area contributed by atoms with Gasteiger partial charge in [0.05, 0.1) is 0 Å². The average Bonchev–Trinajstić information content (AvgIpc) is 2.95. The summed E-state index contributed by atoms with van der Waals surface area (Å²) in [7, 11) is 0. The fraction of sp³-hybridized carbons (Fsp3) is 0.806. The van der Waals surface area contributed by atoms with E-state index in [-0.39, 0.29) is 6.79 Å². The monoisotopic (exact) mass is 560 g/mol. The Morgan fingerprint density at radius 3 is 1.45 bits per heavy atom. The largest absolute Gasteiger partial charge is 0.481 e. The maximum atomic E-state index is 10.8. The first-order chi connectivity index (χ1) is 19.6. The smallest absolute Gasteiger partial charge is 0.303 e. The van der Waals surface area contributed by atoms with Crippen molar-refractivity contribution < 1.29 is 19.7 Å². The third kappa shape index (κ3) is 18.9. The summed E-state index contributed by atoms with van der Waals surface area (Å²) in [5.74, 6) is -0.668. The van der Waals surface area contributed by atoms with Crippen molar-refractivity contribution in [2.75, 3.05) is 13.4 Å². The number of aliphatic hydroxyl groups is 1. The first-order valence-electron chi connectivity index (χ1n) is 17.2. The van der Waals surface area contributed by atoms with E-state index >= 15 is 0 Å². The van der Waals surface area contributed by atoms with Crippen LogP contribution in [-0.4, -0.2) is 29.6 Å². The fourth-order valence-electron chi connectivity index (χ4n) is 5.93. The van der Waals surface area contributed by atoms with Gasteiger partial charge in [0.15, 0.2) is 0 Å². The van der Waals surface area contributed by atoms with E-state index in [1.54, 1.807) is 22.3 Å². The molecule has 1 aromatic carbocycles. The lowest BCUT2D eigenvalue weighted by atomic mass is 9.85. The van der Waals surface area contributed by atoms with Crippen LogP contribution in [0.15, 0.2) is 12.1 Å². The predicted octanol–water partition coefficient (Wildman–Crippen LogP) is 10.1. The number of carbonyl (C=O) groups is 1. The van der Waals surface area contributed by atoms with Gasteiger partial charge in [0, 0.05) is 13.0 Å². The van der Waals surface area contributed by atoms with Crippen molar-refractivity contribution in [2.45, 2.75) is 174 Å². The molecular weight excluding hydrogens is 496 g/mol. The maximum absolute atomic E-state index is 10.8. The topological polar surface area (TPSA) is 66.8 Å². The number of benzene rings is 1. The molecule has 0 saturated carbocycles. The minimum Gasteiger partial charge on any atom is -0.481 e. The predicted molar refractivity (Wildman–Crippen MR) is 170 cm³/mol. The van der Waals surface area contributed by atoms with Crippen LogP contribution in [-0.2, 0) is 35.2 Å². The molecule has 0 aliphatic rings. The zero-order valence-corrected chi connectivity index (χ0v) is 26.5. The van der Waals surface area contributed by atoms with Crippen molar-refractivity contribution in [2.24, 2.45) is 0 Å². The van der Waals surface area contributed by atoms with E-state index in [1.165, 1.54) is 128 Å². The molecular formula is C36H64O4. The summed E-state index contributed by atoms with van der Waals surface area (Å²) >= 11 is 0. The number of aryl methyl sites for hydroxylation is 2. The van der Waals surface area contributed by atoms with Crippen LogP contribution >= 0.6 is 0 Å². The van der Waals surface area contributed by atoms with Gasteiger partial charge in [-0.15, -0.1) is 0 Å². The van der Waals surface area contributed by atoms with Crippen molar-refractivity contribution in [3.63, 3.8) is 0 Å². The molecule has 232 valence electrons. The van der Waals surface area contributed by atoms with Crippen molar-refractivity contribution in [1.82, 2.24) is 0 Å². The molecule has 0 heterocycles. The lowest BCUT2D eigenvalue weighted by Crippen LogP contribution is -2.07. The highest BCUT2D eigenvalue weighted by atomic mass is 16.6. The van der Waals surface area contributed by atoms with Gasteiger partial charge >= 0.3 is 5.97 Å². The van der Waals surface area contributed by atoms with Crippen LogP contribution < -0.4 is 0 Å². The lowest BCUT2D eigenvalue weighted by Gasteiger charge is -2.20. The summed E-state index contributed by atoms with van der Waals surface area (Å²) < 4.78 is 5.06. The van der Waals surface area contributed by atoms with Crippen LogP contribution in [0.5, 0.6) is 0 Å². The van der Waals surface area contributed by atoms with Gasteiger partial charge in [0.25, 0.3) is 0 Å². The Morgan fingerprint density at radius 2 is 0.975 bits per heavy atom. The molecule has 4 nitrogen and oxygen atoms in total. The highest BCUT2D eigenvalue weighted by Gasteiger charge is 2.14. The highest BCUT2D eigenvalue weighted by Crippen LogP contribution is 2.28.